The second-order valence-corrected chi connectivity index (χ2v) is 12.3. The summed E-state index contributed by atoms with van der Waals surface area (Å²) in [6.45, 7) is 0. The Bertz CT molecular complexity index is 1220. The van der Waals surface area contributed by atoms with Crippen molar-refractivity contribution < 1.29 is 0 Å². The maximum Gasteiger partial charge on any atom is 0.0992 e. The van der Waals surface area contributed by atoms with Crippen molar-refractivity contribution in [3.05, 3.63) is 145 Å². The first-order valence-electron chi connectivity index (χ1n) is 11.2. The Morgan fingerprint density at radius 1 is 0.382 bits per heavy atom. The highest BCUT2D eigenvalue weighted by Crippen LogP contribution is 2.36. The molecule has 34 heavy (non-hydrogen) atoms. The zero-order valence-electron chi connectivity index (χ0n) is 18.6. The first-order valence-corrected chi connectivity index (χ1v) is 13.9. The van der Waals surface area contributed by atoms with E-state index in [0.29, 0.717) is 5.56 Å². The van der Waals surface area contributed by atoms with E-state index in [4.69, 9.17) is 0 Å². The molecule has 0 heterocycles. The molecule has 0 aliphatic heterocycles. The van der Waals surface area contributed by atoms with Gasteiger partial charge in [-0.15, -0.1) is 0 Å². The smallest absolute Gasteiger partial charge is 0.0992 e. The number of hydrogen-bond donors (Lipinski definition) is 0. The monoisotopic (exact) mass is 471 g/mol. The summed E-state index contributed by atoms with van der Waals surface area (Å²) in [7, 11) is -1.57. The van der Waals surface area contributed by atoms with E-state index < -0.39 is 15.8 Å². The Balaban J connectivity index is 1.72. The van der Waals surface area contributed by atoms with Crippen LogP contribution in [0.2, 0.25) is 0 Å². The van der Waals surface area contributed by atoms with Crippen LogP contribution in [0.1, 0.15) is 5.56 Å². The lowest BCUT2D eigenvalue weighted by molar-refractivity contribution is 1.50. The summed E-state index contributed by atoms with van der Waals surface area (Å²) in [5, 5.41) is 17.6. The topological polar surface area (TPSA) is 23.8 Å². The molecule has 0 fully saturated rings. The van der Waals surface area contributed by atoms with Crippen molar-refractivity contribution in [3.63, 3.8) is 0 Å². The predicted molar refractivity (Wildman–Crippen MR) is 149 cm³/mol. The van der Waals surface area contributed by atoms with Crippen LogP contribution in [0.15, 0.2) is 140 Å². The maximum absolute atomic E-state index is 10.00. The molecule has 162 valence electrons. The summed E-state index contributed by atoms with van der Waals surface area (Å²) >= 11 is 0. The zero-order chi connectivity index (χ0) is 23.2. The van der Waals surface area contributed by atoms with Gasteiger partial charge in [-0.2, -0.15) is 5.26 Å². The van der Waals surface area contributed by atoms with Gasteiger partial charge in [0, 0.05) is 0 Å². The Kier molecular flexibility index (Phi) is 6.93. The van der Waals surface area contributed by atoms with Crippen LogP contribution in [0.25, 0.3) is 0 Å². The fourth-order valence-electron chi connectivity index (χ4n) is 4.12. The van der Waals surface area contributed by atoms with Crippen molar-refractivity contribution in [3.8, 4) is 6.07 Å². The van der Waals surface area contributed by atoms with Crippen LogP contribution in [0.3, 0.4) is 0 Å². The van der Waals surface area contributed by atoms with Gasteiger partial charge >= 0.3 is 0 Å². The molecule has 3 heteroatoms. The summed E-state index contributed by atoms with van der Waals surface area (Å²) in [6.07, 6.45) is 0. The summed E-state index contributed by atoms with van der Waals surface area (Å²) in [5.41, 5.74) is 0.714. The highest BCUT2D eigenvalue weighted by Gasteiger charge is 2.22. The van der Waals surface area contributed by atoms with E-state index in [0.717, 1.165) is 0 Å². The molecule has 0 spiro atoms. The van der Waals surface area contributed by atoms with Gasteiger partial charge in [-0.05, 0) is 65.9 Å². The lowest BCUT2D eigenvalue weighted by Gasteiger charge is -2.24. The van der Waals surface area contributed by atoms with Gasteiger partial charge in [0.2, 0.25) is 0 Å². The minimum Gasteiger partial charge on any atom is -0.192 e. The number of hydrogen-bond acceptors (Lipinski definition) is 1. The fourth-order valence-corrected chi connectivity index (χ4v) is 8.97. The van der Waals surface area contributed by atoms with Crippen LogP contribution >= 0.6 is 15.8 Å². The standard InChI is InChI=1S/C31H23NP2/c32-24-25-21-30(33(26-13-5-1-6-14-26)27-15-7-2-8-16-27)23-31(22-25)34(28-17-9-3-10-18-28)29-19-11-4-12-20-29/h1-23H. The first kappa shape index (κ1) is 22.3. The number of nitrogens with zero attached hydrogens (tertiary/aromatic N) is 1. The fraction of sp³-hybridized carbons (Fsp3) is 0. The van der Waals surface area contributed by atoms with Crippen LogP contribution in [0.5, 0.6) is 0 Å². The highest BCUT2D eigenvalue weighted by molar-refractivity contribution is 7.81. The van der Waals surface area contributed by atoms with Gasteiger partial charge in [-0.1, -0.05) is 121 Å². The lowest BCUT2D eigenvalue weighted by Crippen LogP contribution is -2.26. The summed E-state index contributed by atoms with van der Waals surface area (Å²) in [5.74, 6) is 0. The third kappa shape index (κ3) is 4.85. The van der Waals surface area contributed by atoms with Gasteiger partial charge in [0.25, 0.3) is 0 Å². The van der Waals surface area contributed by atoms with E-state index >= 15 is 0 Å². The molecule has 0 bridgehead atoms. The first-order chi connectivity index (χ1) is 16.8. The van der Waals surface area contributed by atoms with Crippen LogP contribution in [0, 0.1) is 11.3 Å². The van der Waals surface area contributed by atoms with Gasteiger partial charge in [0.1, 0.15) is 0 Å². The Morgan fingerprint density at radius 2 is 0.676 bits per heavy atom. The average Bonchev–Trinajstić information content (AvgIpc) is 2.91. The van der Waals surface area contributed by atoms with Gasteiger partial charge < -0.3 is 0 Å². The van der Waals surface area contributed by atoms with Gasteiger partial charge in [-0.25, -0.2) is 0 Å². The molecule has 0 radical (unpaired) electrons. The molecule has 5 aromatic rings. The van der Waals surface area contributed by atoms with Crippen molar-refractivity contribution in [2.45, 2.75) is 0 Å². The van der Waals surface area contributed by atoms with Crippen LogP contribution in [-0.4, -0.2) is 0 Å². The summed E-state index contributed by atoms with van der Waals surface area (Å²) in [4.78, 5) is 0. The zero-order valence-corrected chi connectivity index (χ0v) is 20.4. The predicted octanol–water partition coefficient (Wildman–Crippen LogP) is 5.07. The van der Waals surface area contributed by atoms with E-state index in [1.165, 1.54) is 31.8 Å². The molecule has 0 saturated heterocycles. The SMILES string of the molecule is N#Cc1cc(P(c2ccccc2)c2ccccc2)cc(P(c2ccccc2)c2ccccc2)c1. The molecular formula is C31H23NP2. The van der Waals surface area contributed by atoms with Crippen LogP contribution in [0.4, 0.5) is 0 Å². The molecule has 0 unspecified atom stereocenters. The van der Waals surface area contributed by atoms with Crippen molar-refractivity contribution in [2.24, 2.45) is 0 Å². The summed E-state index contributed by atoms with van der Waals surface area (Å²) < 4.78 is 0. The van der Waals surface area contributed by atoms with Crippen molar-refractivity contribution in [1.29, 1.82) is 5.26 Å². The van der Waals surface area contributed by atoms with Crippen molar-refractivity contribution in [2.75, 3.05) is 0 Å². The Labute approximate surface area is 203 Å². The Hall–Kier alpha value is -3.55. The average molecular weight is 471 g/mol. The number of rotatable bonds is 6. The molecular weight excluding hydrogens is 448 g/mol. The summed E-state index contributed by atoms with van der Waals surface area (Å²) in [6, 6.07) is 51.6. The minimum absolute atomic E-state index is 0.714. The van der Waals surface area contributed by atoms with Crippen molar-refractivity contribution >= 4 is 47.7 Å². The van der Waals surface area contributed by atoms with Gasteiger partial charge in [0.05, 0.1) is 11.6 Å². The van der Waals surface area contributed by atoms with E-state index in [-0.39, 0.29) is 0 Å². The molecule has 0 aromatic heterocycles. The molecule has 0 N–H and O–H groups in total. The molecule has 0 amide bonds. The van der Waals surface area contributed by atoms with Gasteiger partial charge in [-0.3, -0.25) is 0 Å². The largest absolute Gasteiger partial charge is 0.192 e. The third-order valence-corrected chi connectivity index (χ3v) is 10.4. The molecule has 5 aromatic carbocycles. The van der Waals surface area contributed by atoms with Crippen molar-refractivity contribution in [1.82, 2.24) is 0 Å². The van der Waals surface area contributed by atoms with E-state index in [2.05, 4.69) is 146 Å². The van der Waals surface area contributed by atoms with Crippen LogP contribution < -0.4 is 31.8 Å². The molecule has 0 aliphatic rings. The number of benzene rings is 5. The normalized spacial score (nSPS) is 10.9. The Morgan fingerprint density at radius 3 is 0.941 bits per heavy atom. The second kappa shape index (κ2) is 10.6. The third-order valence-electron chi connectivity index (χ3n) is 5.61. The quantitative estimate of drug-likeness (QED) is 0.317. The van der Waals surface area contributed by atoms with E-state index in [1.807, 2.05) is 0 Å². The lowest BCUT2D eigenvalue weighted by atomic mass is 10.2. The minimum atomic E-state index is -0.787. The molecule has 0 aliphatic carbocycles. The van der Waals surface area contributed by atoms with Gasteiger partial charge in [0.15, 0.2) is 0 Å². The van der Waals surface area contributed by atoms with E-state index in [9.17, 15) is 5.26 Å². The molecule has 1 nitrogen and oxygen atoms in total. The molecule has 0 atom stereocenters. The van der Waals surface area contributed by atoms with Crippen LogP contribution in [-0.2, 0) is 0 Å². The number of nitriles is 1. The molecule has 5 rings (SSSR count). The van der Waals surface area contributed by atoms with E-state index in [1.54, 1.807) is 0 Å². The second-order valence-electron chi connectivity index (χ2n) is 7.86. The molecule has 0 saturated carbocycles. The maximum atomic E-state index is 10.00. The highest BCUT2D eigenvalue weighted by atomic mass is 31.1.